The minimum atomic E-state index is -0.355. The van der Waals surface area contributed by atoms with Crippen molar-refractivity contribution in [1.82, 2.24) is 0 Å². The molecule has 0 bridgehead atoms. The Morgan fingerprint density at radius 1 is 1.35 bits per heavy atom. The number of benzene rings is 1. The molecule has 0 aliphatic heterocycles. The van der Waals surface area contributed by atoms with Crippen LogP contribution in [0.3, 0.4) is 0 Å². The van der Waals surface area contributed by atoms with Crippen LogP contribution in [-0.2, 0) is 16.1 Å². The summed E-state index contributed by atoms with van der Waals surface area (Å²) in [5, 5.41) is 18.3. The van der Waals surface area contributed by atoms with Gasteiger partial charge >= 0.3 is 0 Å². The van der Waals surface area contributed by atoms with Crippen LogP contribution in [0.25, 0.3) is 0 Å². The van der Waals surface area contributed by atoms with Crippen LogP contribution in [0.5, 0.6) is 0 Å². The largest absolute Gasteiger partial charge is 0.511 e. The summed E-state index contributed by atoms with van der Waals surface area (Å²) in [7, 11) is 0. The van der Waals surface area contributed by atoms with E-state index < -0.39 is 0 Å². The molecule has 2 aliphatic rings. The Labute approximate surface area is 135 Å². The normalized spacial score (nSPS) is 23.7. The van der Waals surface area contributed by atoms with E-state index >= 15 is 0 Å². The van der Waals surface area contributed by atoms with Crippen LogP contribution in [0.1, 0.15) is 18.4 Å². The number of allylic oxidation sites excluding steroid dienone is 4. The highest BCUT2D eigenvalue weighted by Gasteiger charge is 2.41. The SMILES string of the molecule is C=C1C=CCC2CC(O)=C(C(=N)OCc3ccccc3)C(=O)C12. The van der Waals surface area contributed by atoms with E-state index in [0.717, 1.165) is 17.6 Å². The van der Waals surface area contributed by atoms with Crippen LogP contribution in [0.4, 0.5) is 0 Å². The molecule has 3 rings (SSSR count). The minimum absolute atomic E-state index is 0.00127. The summed E-state index contributed by atoms with van der Waals surface area (Å²) >= 11 is 0. The summed E-state index contributed by atoms with van der Waals surface area (Å²) in [5.41, 5.74) is 1.65. The lowest BCUT2D eigenvalue weighted by atomic mass is 9.70. The van der Waals surface area contributed by atoms with Crippen molar-refractivity contribution in [3.63, 3.8) is 0 Å². The topological polar surface area (TPSA) is 70.4 Å². The third-order valence-electron chi connectivity index (χ3n) is 4.37. The summed E-state index contributed by atoms with van der Waals surface area (Å²) in [6.07, 6.45) is 4.96. The van der Waals surface area contributed by atoms with E-state index in [4.69, 9.17) is 10.1 Å². The Morgan fingerprint density at radius 2 is 2.09 bits per heavy atom. The molecule has 4 heteroatoms. The van der Waals surface area contributed by atoms with Crippen LogP contribution < -0.4 is 0 Å². The molecule has 1 aromatic carbocycles. The van der Waals surface area contributed by atoms with Gasteiger partial charge in [0.15, 0.2) is 5.78 Å². The highest BCUT2D eigenvalue weighted by molar-refractivity contribution is 6.20. The van der Waals surface area contributed by atoms with Gasteiger partial charge in [-0.1, -0.05) is 49.1 Å². The van der Waals surface area contributed by atoms with Gasteiger partial charge < -0.3 is 9.84 Å². The maximum Gasteiger partial charge on any atom is 0.220 e. The summed E-state index contributed by atoms with van der Waals surface area (Å²) in [5.74, 6) is -0.891. The van der Waals surface area contributed by atoms with Gasteiger partial charge in [-0.05, 0) is 23.5 Å². The second-order valence-electron chi connectivity index (χ2n) is 5.94. The van der Waals surface area contributed by atoms with E-state index in [1.807, 2.05) is 42.5 Å². The van der Waals surface area contributed by atoms with Crippen LogP contribution in [-0.4, -0.2) is 16.8 Å². The Kier molecular flexibility index (Phi) is 4.15. The van der Waals surface area contributed by atoms with Gasteiger partial charge in [-0.25, -0.2) is 0 Å². The van der Waals surface area contributed by atoms with Crippen molar-refractivity contribution in [1.29, 1.82) is 5.41 Å². The van der Waals surface area contributed by atoms with Crippen molar-refractivity contribution in [2.75, 3.05) is 0 Å². The van der Waals surface area contributed by atoms with Gasteiger partial charge in [-0.3, -0.25) is 10.2 Å². The van der Waals surface area contributed by atoms with Gasteiger partial charge in [0.1, 0.15) is 17.9 Å². The molecule has 0 aromatic heterocycles. The number of hydrogen-bond acceptors (Lipinski definition) is 4. The first-order valence-corrected chi connectivity index (χ1v) is 7.65. The lowest BCUT2D eigenvalue weighted by molar-refractivity contribution is -0.120. The van der Waals surface area contributed by atoms with Crippen molar-refractivity contribution < 1.29 is 14.6 Å². The molecule has 0 fully saturated rings. The molecular formula is C19H19NO3. The maximum atomic E-state index is 12.7. The van der Waals surface area contributed by atoms with Gasteiger partial charge in [0.2, 0.25) is 5.90 Å². The highest BCUT2D eigenvalue weighted by Crippen LogP contribution is 2.40. The number of carbonyl (C=O) groups is 1. The standard InChI is InChI=1S/C19H19NO3/c1-12-6-5-9-14-10-15(21)17(18(22)16(12)14)19(20)23-11-13-7-3-2-4-8-13/h2-8,14,16,20-21H,1,9-11H2. The minimum Gasteiger partial charge on any atom is -0.511 e. The molecule has 0 heterocycles. The molecule has 0 radical (unpaired) electrons. The Hall–Kier alpha value is -2.62. The summed E-state index contributed by atoms with van der Waals surface area (Å²) < 4.78 is 5.42. The number of hydrogen-bond donors (Lipinski definition) is 2. The molecule has 2 atom stereocenters. The van der Waals surface area contributed by atoms with Gasteiger partial charge in [0.25, 0.3) is 0 Å². The lowest BCUT2D eigenvalue weighted by Gasteiger charge is -2.33. The van der Waals surface area contributed by atoms with Crippen molar-refractivity contribution in [3.8, 4) is 0 Å². The summed E-state index contributed by atoms with van der Waals surface area (Å²) in [4.78, 5) is 12.7. The number of Topliss-reactive ketones (excluding diaryl/α,β-unsaturated/α-hetero) is 1. The van der Waals surface area contributed by atoms with Crippen molar-refractivity contribution in [3.05, 3.63) is 71.5 Å². The van der Waals surface area contributed by atoms with Crippen molar-refractivity contribution in [2.24, 2.45) is 11.8 Å². The zero-order valence-corrected chi connectivity index (χ0v) is 12.8. The summed E-state index contributed by atoms with van der Waals surface area (Å²) in [6, 6.07) is 9.43. The Morgan fingerprint density at radius 3 is 2.83 bits per heavy atom. The number of ether oxygens (including phenoxy) is 1. The van der Waals surface area contributed by atoms with Gasteiger partial charge in [0, 0.05) is 6.42 Å². The number of ketones is 1. The van der Waals surface area contributed by atoms with Crippen LogP contribution in [0, 0.1) is 17.2 Å². The van der Waals surface area contributed by atoms with E-state index in [9.17, 15) is 9.90 Å². The fraction of sp³-hybridized carbons (Fsp3) is 0.263. The number of fused-ring (bicyclic) bond motifs is 1. The van der Waals surface area contributed by atoms with E-state index in [0.29, 0.717) is 6.42 Å². The fourth-order valence-corrected chi connectivity index (χ4v) is 3.21. The zero-order valence-electron chi connectivity index (χ0n) is 12.8. The molecular weight excluding hydrogens is 290 g/mol. The third-order valence-corrected chi connectivity index (χ3v) is 4.37. The molecule has 0 spiro atoms. The van der Waals surface area contributed by atoms with Crippen LogP contribution in [0.15, 0.2) is 66.0 Å². The first-order chi connectivity index (χ1) is 11.1. The maximum absolute atomic E-state index is 12.7. The number of nitrogens with one attached hydrogen (secondary N) is 1. The molecule has 1 aromatic rings. The second kappa shape index (κ2) is 6.24. The van der Waals surface area contributed by atoms with Gasteiger partial charge in [-0.15, -0.1) is 0 Å². The predicted octanol–water partition coefficient (Wildman–Crippen LogP) is 3.71. The fourth-order valence-electron chi connectivity index (χ4n) is 3.21. The van der Waals surface area contributed by atoms with Crippen molar-refractivity contribution >= 4 is 11.7 Å². The second-order valence-corrected chi connectivity index (χ2v) is 5.94. The Bertz CT molecular complexity index is 715. The first kappa shape index (κ1) is 15.3. The number of aliphatic hydroxyl groups excluding tert-OH is 1. The molecule has 0 saturated heterocycles. The lowest BCUT2D eigenvalue weighted by Crippen LogP contribution is -2.36. The van der Waals surface area contributed by atoms with Crippen molar-refractivity contribution in [2.45, 2.75) is 19.4 Å². The van der Waals surface area contributed by atoms with Gasteiger partial charge in [-0.2, -0.15) is 0 Å². The van der Waals surface area contributed by atoms with Crippen LogP contribution >= 0.6 is 0 Å². The molecule has 2 N–H and O–H groups in total. The molecule has 23 heavy (non-hydrogen) atoms. The number of aliphatic hydroxyl groups is 1. The number of carbonyl (C=O) groups excluding carboxylic acids is 1. The van der Waals surface area contributed by atoms with E-state index in [2.05, 4.69) is 6.58 Å². The summed E-state index contributed by atoms with van der Waals surface area (Å²) in [6.45, 7) is 4.13. The molecule has 118 valence electrons. The molecule has 2 unspecified atom stereocenters. The molecule has 2 aliphatic carbocycles. The zero-order chi connectivity index (χ0) is 16.4. The highest BCUT2D eigenvalue weighted by atomic mass is 16.5. The van der Waals surface area contributed by atoms with E-state index in [1.165, 1.54) is 0 Å². The van der Waals surface area contributed by atoms with E-state index in [1.54, 1.807) is 0 Å². The quantitative estimate of drug-likeness (QED) is 0.660. The molecule has 0 saturated carbocycles. The smallest absolute Gasteiger partial charge is 0.220 e. The molecule has 0 amide bonds. The molecule has 4 nitrogen and oxygen atoms in total. The Balaban J connectivity index is 1.77. The monoisotopic (exact) mass is 309 g/mol. The average Bonchev–Trinajstić information content (AvgIpc) is 2.53. The van der Waals surface area contributed by atoms with Gasteiger partial charge in [0.05, 0.1) is 5.92 Å². The predicted molar refractivity (Wildman–Crippen MR) is 88.1 cm³/mol. The van der Waals surface area contributed by atoms with E-state index in [-0.39, 0.29) is 41.5 Å². The first-order valence-electron chi connectivity index (χ1n) is 7.65. The third kappa shape index (κ3) is 2.97. The number of rotatable bonds is 3. The average molecular weight is 309 g/mol. The van der Waals surface area contributed by atoms with Crippen LogP contribution in [0.2, 0.25) is 0 Å².